The monoisotopic (exact) mass is 659 g/mol. The van der Waals surface area contributed by atoms with E-state index in [4.69, 9.17) is 4.84 Å². The first kappa shape index (κ1) is 31.7. The van der Waals surface area contributed by atoms with E-state index < -0.39 is 29.2 Å². The van der Waals surface area contributed by atoms with Gasteiger partial charge in [-0.05, 0) is 18.2 Å². The molecule has 0 bridgehead atoms. The third-order valence-electron chi connectivity index (χ3n) is 7.76. The van der Waals surface area contributed by atoms with Gasteiger partial charge in [0, 0.05) is 22.3 Å². The standard InChI is InChI=1S/C27H29N7O9S2/c1-34(7-5-32(6-8-34)23(39)14-3-4-17(36)18(37)9-14)10-15-11-44-25-20(24(40)33(25)21(15)26(41)42)30-22(38)19(31-43-2)16-12-45-27(29-16)28-13-35/h3-4,9,12-13,20,25H,5-8,10-11H2,1-2H3,(H4-,28,29,30,31,35,36,37,38,39,41,42)/t20-,25+/m1/s1. The molecule has 0 unspecified atom stereocenters. The molecule has 4 amide bonds. The minimum atomic E-state index is -1.50. The van der Waals surface area contributed by atoms with Gasteiger partial charge in [-0.25, -0.2) is 4.98 Å². The molecule has 0 radical (unpaired) electrons. The zero-order chi connectivity index (χ0) is 32.5. The van der Waals surface area contributed by atoms with Crippen LogP contribution in [0.2, 0.25) is 0 Å². The summed E-state index contributed by atoms with van der Waals surface area (Å²) in [7, 11) is 3.18. The van der Waals surface area contributed by atoms with Crippen molar-refractivity contribution >= 4 is 64.0 Å². The molecule has 0 saturated carbocycles. The number of oxime groups is 1. The largest absolute Gasteiger partial charge is 0.543 e. The zero-order valence-electron chi connectivity index (χ0n) is 24.1. The van der Waals surface area contributed by atoms with E-state index in [0.717, 1.165) is 16.2 Å². The van der Waals surface area contributed by atoms with Gasteiger partial charge in [0.1, 0.15) is 30.8 Å². The number of rotatable bonds is 10. The van der Waals surface area contributed by atoms with E-state index >= 15 is 0 Å². The van der Waals surface area contributed by atoms with Crippen molar-refractivity contribution in [3.63, 3.8) is 0 Å². The molecule has 0 aliphatic carbocycles. The number of nitrogens with zero attached hydrogens (tertiary/aromatic N) is 5. The van der Waals surface area contributed by atoms with Crippen LogP contribution in [0.3, 0.4) is 0 Å². The molecule has 18 heteroatoms. The number of carbonyl (C=O) groups excluding carboxylic acids is 5. The lowest BCUT2D eigenvalue weighted by atomic mass is 10.0. The lowest BCUT2D eigenvalue weighted by molar-refractivity contribution is -0.908. The van der Waals surface area contributed by atoms with Gasteiger partial charge in [-0.2, -0.15) is 0 Å². The normalized spacial score (nSPS) is 21.0. The van der Waals surface area contributed by atoms with Gasteiger partial charge in [-0.15, -0.1) is 23.1 Å². The molecule has 0 spiro atoms. The van der Waals surface area contributed by atoms with Gasteiger partial charge in [0.15, 0.2) is 22.3 Å². The molecule has 45 heavy (non-hydrogen) atoms. The number of piperazine rings is 1. The highest BCUT2D eigenvalue weighted by atomic mass is 32.2. The molecular formula is C27H29N7O9S2. The van der Waals surface area contributed by atoms with Crippen LogP contribution >= 0.6 is 23.1 Å². The first-order valence-corrected chi connectivity index (χ1v) is 15.5. The van der Waals surface area contributed by atoms with Crippen molar-refractivity contribution in [1.82, 2.24) is 20.1 Å². The summed E-state index contributed by atoms with van der Waals surface area (Å²) in [5.41, 5.74) is 0.415. The van der Waals surface area contributed by atoms with E-state index in [1.54, 1.807) is 4.90 Å². The SMILES string of the molecule is CON=C(C(=O)N[C@@H]1C(=O)N2C(C(=O)[O-])=C(C[N+]3(C)CCN(C(=O)c4ccc(O)c(O)c4)CC3)CS[C@@H]12)c1csc(NC=O)n1. The molecule has 2 atom stereocenters. The second-order valence-electron chi connectivity index (χ2n) is 10.7. The van der Waals surface area contributed by atoms with Gasteiger partial charge in [0.25, 0.3) is 17.7 Å². The molecule has 16 nitrogen and oxygen atoms in total. The number of thioether (sulfide) groups is 1. The number of phenolic OH excluding ortho intramolecular Hbond substituents is 2. The Kier molecular flexibility index (Phi) is 8.98. The summed E-state index contributed by atoms with van der Waals surface area (Å²) in [5, 5.41) is 41.3. The number of quaternary nitrogens is 1. The third kappa shape index (κ3) is 6.29. The number of aromatic nitrogens is 1. The summed E-state index contributed by atoms with van der Waals surface area (Å²) in [6.07, 6.45) is 0.435. The van der Waals surface area contributed by atoms with Gasteiger partial charge in [-0.3, -0.25) is 24.1 Å². The molecule has 2 aromatic rings. The van der Waals surface area contributed by atoms with Crippen molar-refractivity contribution in [1.29, 1.82) is 0 Å². The maximum Gasteiger partial charge on any atom is 0.276 e. The minimum Gasteiger partial charge on any atom is -0.543 e. The van der Waals surface area contributed by atoms with Crippen LogP contribution in [0.25, 0.3) is 0 Å². The van der Waals surface area contributed by atoms with E-state index in [9.17, 15) is 39.3 Å². The third-order valence-corrected chi connectivity index (χ3v) is 9.87. The van der Waals surface area contributed by atoms with E-state index in [-0.39, 0.29) is 51.0 Å². The average molecular weight is 660 g/mol. The molecular weight excluding hydrogens is 630 g/mol. The number of aromatic hydroxyl groups is 2. The van der Waals surface area contributed by atoms with Crippen LogP contribution in [0.1, 0.15) is 16.1 Å². The highest BCUT2D eigenvalue weighted by Gasteiger charge is 2.54. The summed E-state index contributed by atoms with van der Waals surface area (Å²) in [5.74, 6) is -3.62. The van der Waals surface area contributed by atoms with Crippen LogP contribution in [0.4, 0.5) is 5.13 Å². The fourth-order valence-electron chi connectivity index (χ4n) is 5.41. The molecule has 3 aliphatic rings. The van der Waals surface area contributed by atoms with E-state index in [2.05, 4.69) is 20.8 Å². The highest BCUT2D eigenvalue weighted by molar-refractivity contribution is 8.00. The van der Waals surface area contributed by atoms with Crippen molar-refractivity contribution in [3.05, 3.63) is 46.1 Å². The Morgan fingerprint density at radius 2 is 1.98 bits per heavy atom. The van der Waals surface area contributed by atoms with Gasteiger partial charge in [0.05, 0.1) is 44.9 Å². The number of anilines is 1. The van der Waals surface area contributed by atoms with Crippen LogP contribution in [0.5, 0.6) is 11.5 Å². The molecule has 4 heterocycles. The molecule has 3 aliphatic heterocycles. The predicted molar refractivity (Wildman–Crippen MR) is 159 cm³/mol. The van der Waals surface area contributed by atoms with Gasteiger partial charge < -0.3 is 45.0 Å². The number of aliphatic carboxylic acids is 1. The summed E-state index contributed by atoms with van der Waals surface area (Å²) in [6.45, 7) is 2.05. The van der Waals surface area contributed by atoms with E-state index in [1.807, 2.05) is 7.05 Å². The predicted octanol–water partition coefficient (Wildman–Crippen LogP) is -1.52. The molecule has 1 aromatic carbocycles. The maximum atomic E-state index is 13.2. The van der Waals surface area contributed by atoms with Crippen molar-refractivity contribution < 1.29 is 48.6 Å². The molecule has 1 aromatic heterocycles. The number of hydrogen-bond donors (Lipinski definition) is 4. The molecule has 4 N–H and O–H groups in total. The van der Waals surface area contributed by atoms with Crippen LogP contribution in [0.15, 0.2) is 40.0 Å². The van der Waals surface area contributed by atoms with Gasteiger partial charge >= 0.3 is 0 Å². The van der Waals surface area contributed by atoms with Gasteiger partial charge in [-0.1, -0.05) is 5.16 Å². The first-order chi connectivity index (χ1) is 21.5. The van der Waals surface area contributed by atoms with Crippen molar-refractivity contribution in [3.8, 4) is 11.5 Å². The molecule has 2 fully saturated rings. The number of thiazole rings is 1. The van der Waals surface area contributed by atoms with E-state index in [1.165, 1.54) is 42.5 Å². The average Bonchev–Trinajstić information content (AvgIpc) is 3.47. The summed E-state index contributed by atoms with van der Waals surface area (Å²) >= 11 is 2.37. The molecule has 2 saturated heterocycles. The Morgan fingerprint density at radius 1 is 1.24 bits per heavy atom. The number of fused-ring (bicyclic) bond motifs is 1. The first-order valence-electron chi connectivity index (χ1n) is 13.6. The van der Waals surface area contributed by atoms with Crippen LogP contribution < -0.4 is 15.7 Å². The zero-order valence-corrected chi connectivity index (χ0v) is 25.7. The van der Waals surface area contributed by atoms with Crippen LogP contribution in [-0.4, -0.2) is 129 Å². The van der Waals surface area contributed by atoms with Crippen molar-refractivity contribution in [2.24, 2.45) is 5.16 Å². The number of phenols is 2. The van der Waals surface area contributed by atoms with Crippen LogP contribution in [0, 0.1) is 0 Å². The molecule has 5 rings (SSSR count). The Hall–Kier alpha value is -4.68. The van der Waals surface area contributed by atoms with Crippen molar-refractivity contribution in [2.75, 3.05) is 58.0 Å². The van der Waals surface area contributed by atoms with Crippen LogP contribution in [-0.2, 0) is 24.0 Å². The van der Waals surface area contributed by atoms with E-state index in [0.29, 0.717) is 49.2 Å². The number of nitrogens with one attached hydrogen (secondary N) is 2. The summed E-state index contributed by atoms with van der Waals surface area (Å²) in [4.78, 5) is 73.9. The Balaban J connectivity index is 1.25. The topological polar surface area (TPSA) is 214 Å². The maximum absolute atomic E-state index is 13.2. The smallest absolute Gasteiger partial charge is 0.276 e. The fraction of sp³-hybridized carbons (Fsp3) is 0.370. The number of amides is 4. The lowest BCUT2D eigenvalue weighted by Gasteiger charge is -2.51. The minimum absolute atomic E-state index is 0.112. The molecule has 238 valence electrons. The quantitative estimate of drug-likeness (QED) is 0.0574. The number of hydrogen-bond acceptors (Lipinski definition) is 13. The number of β-lactam (4-membered cyclic amide) rings is 1. The number of benzene rings is 1. The lowest BCUT2D eigenvalue weighted by Crippen LogP contribution is -2.72. The van der Waals surface area contributed by atoms with Gasteiger partial charge in [0.2, 0.25) is 6.41 Å². The number of carboxylic acids is 1. The van der Waals surface area contributed by atoms with Crippen molar-refractivity contribution in [2.45, 2.75) is 11.4 Å². The number of likely N-dealkylation sites (N-methyl/N-ethyl adjacent to an activating group) is 1. The second kappa shape index (κ2) is 12.7. The Bertz CT molecular complexity index is 1620. The number of carboxylic acid groups (broad SMARTS) is 1. The highest BCUT2D eigenvalue weighted by Crippen LogP contribution is 2.41. The summed E-state index contributed by atoms with van der Waals surface area (Å²) in [6, 6.07) is 2.85. The summed E-state index contributed by atoms with van der Waals surface area (Å²) < 4.78 is 0.412. The second-order valence-corrected chi connectivity index (χ2v) is 12.7. The Morgan fingerprint density at radius 3 is 2.62 bits per heavy atom. The Labute approximate surface area is 264 Å². The fourth-order valence-corrected chi connectivity index (χ4v) is 7.40. The number of carbonyl (C=O) groups is 5.